The van der Waals surface area contributed by atoms with Crippen LogP contribution in [0, 0.1) is 0 Å². The molecule has 1 aliphatic rings. The topological polar surface area (TPSA) is 72.4 Å². The third-order valence-corrected chi connectivity index (χ3v) is 5.64. The standard InChI is InChI=1S/C19H32N6O/c1-14(7-10-26)24(4)19-18(20-2)17(12-21-19)15-11-22-25(13-15)16-5-8-23(3)9-6-16/h11-14,16,20-21,26H,5-10H2,1-4H3. The second-order valence-electron chi connectivity index (χ2n) is 7.39. The fourth-order valence-corrected chi connectivity index (χ4v) is 3.71. The summed E-state index contributed by atoms with van der Waals surface area (Å²) in [6, 6.07) is 0.740. The molecule has 0 bridgehead atoms. The Hall–Kier alpha value is -1.99. The van der Waals surface area contributed by atoms with Crippen LogP contribution in [0.2, 0.25) is 0 Å². The van der Waals surface area contributed by atoms with E-state index in [4.69, 9.17) is 0 Å². The number of anilines is 2. The Balaban J connectivity index is 1.82. The van der Waals surface area contributed by atoms with E-state index in [1.165, 1.54) is 0 Å². The van der Waals surface area contributed by atoms with Gasteiger partial charge in [-0.15, -0.1) is 0 Å². The molecule has 2 aromatic heterocycles. The van der Waals surface area contributed by atoms with E-state index in [1.807, 2.05) is 19.4 Å². The molecule has 144 valence electrons. The van der Waals surface area contributed by atoms with E-state index in [0.717, 1.165) is 55.0 Å². The van der Waals surface area contributed by atoms with Crippen LogP contribution in [0.5, 0.6) is 0 Å². The quantitative estimate of drug-likeness (QED) is 0.707. The predicted molar refractivity (Wildman–Crippen MR) is 107 cm³/mol. The van der Waals surface area contributed by atoms with Crippen LogP contribution in [0.15, 0.2) is 18.6 Å². The summed E-state index contributed by atoms with van der Waals surface area (Å²) in [7, 11) is 6.18. The molecule has 1 atom stereocenters. The van der Waals surface area contributed by atoms with Crippen molar-refractivity contribution in [3.63, 3.8) is 0 Å². The Labute approximate surface area is 156 Å². The first kappa shape index (κ1) is 18.8. The molecule has 26 heavy (non-hydrogen) atoms. The molecule has 0 spiro atoms. The Kier molecular flexibility index (Phi) is 5.88. The van der Waals surface area contributed by atoms with E-state index in [9.17, 15) is 5.11 Å². The number of aromatic nitrogens is 3. The van der Waals surface area contributed by atoms with Crippen molar-refractivity contribution >= 4 is 11.5 Å². The monoisotopic (exact) mass is 360 g/mol. The summed E-state index contributed by atoms with van der Waals surface area (Å²) in [5.41, 5.74) is 3.32. The molecule has 1 unspecified atom stereocenters. The molecule has 2 aromatic rings. The van der Waals surface area contributed by atoms with Crippen molar-refractivity contribution < 1.29 is 5.11 Å². The number of likely N-dealkylation sites (tertiary alicyclic amines) is 1. The summed E-state index contributed by atoms with van der Waals surface area (Å²) in [4.78, 5) is 7.95. The van der Waals surface area contributed by atoms with Gasteiger partial charge in [0.2, 0.25) is 0 Å². The summed E-state index contributed by atoms with van der Waals surface area (Å²) in [5, 5.41) is 17.2. The Morgan fingerprint density at radius 2 is 2.15 bits per heavy atom. The second kappa shape index (κ2) is 8.14. The van der Waals surface area contributed by atoms with Gasteiger partial charge in [-0.2, -0.15) is 5.10 Å². The van der Waals surface area contributed by atoms with Gasteiger partial charge in [-0.3, -0.25) is 4.68 Å². The number of piperidine rings is 1. The van der Waals surface area contributed by atoms with Gasteiger partial charge in [-0.1, -0.05) is 0 Å². The van der Waals surface area contributed by atoms with Crippen molar-refractivity contribution in [2.45, 2.75) is 38.3 Å². The molecule has 3 rings (SSSR count). The van der Waals surface area contributed by atoms with Crippen LogP contribution >= 0.6 is 0 Å². The lowest BCUT2D eigenvalue weighted by Gasteiger charge is -2.29. The molecule has 0 aromatic carbocycles. The smallest absolute Gasteiger partial charge is 0.130 e. The van der Waals surface area contributed by atoms with E-state index in [1.54, 1.807) is 0 Å². The maximum absolute atomic E-state index is 9.22. The van der Waals surface area contributed by atoms with Crippen LogP contribution in [-0.4, -0.2) is 71.7 Å². The van der Waals surface area contributed by atoms with Crippen molar-refractivity contribution in [1.29, 1.82) is 0 Å². The molecule has 0 saturated carbocycles. The second-order valence-corrected chi connectivity index (χ2v) is 7.39. The minimum absolute atomic E-state index is 0.192. The highest BCUT2D eigenvalue weighted by Crippen LogP contribution is 2.37. The maximum atomic E-state index is 9.22. The van der Waals surface area contributed by atoms with E-state index in [0.29, 0.717) is 6.04 Å². The fraction of sp³-hybridized carbons (Fsp3) is 0.632. The number of aliphatic hydroxyl groups is 1. The first-order chi connectivity index (χ1) is 12.5. The summed E-state index contributed by atoms with van der Waals surface area (Å²) < 4.78 is 2.13. The number of rotatable bonds is 7. The van der Waals surface area contributed by atoms with Gasteiger partial charge in [0, 0.05) is 50.3 Å². The fourth-order valence-electron chi connectivity index (χ4n) is 3.71. The molecular weight excluding hydrogens is 328 g/mol. The zero-order chi connectivity index (χ0) is 18.7. The van der Waals surface area contributed by atoms with Gasteiger partial charge in [0.25, 0.3) is 0 Å². The van der Waals surface area contributed by atoms with E-state index in [-0.39, 0.29) is 12.6 Å². The lowest BCUT2D eigenvalue weighted by atomic mass is 10.1. The Morgan fingerprint density at radius 1 is 1.42 bits per heavy atom. The van der Waals surface area contributed by atoms with Gasteiger partial charge < -0.3 is 25.2 Å². The van der Waals surface area contributed by atoms with Gasteiger partial charge in [0.15, 0.2) is 0 Å². The van der Waals surface area contributed by atoms with Crippen LogP contribution < -0.4 is 10.2 Å². The largest absolute Gasteiger partial charge is 0.396 e. The number of H-pyrrole nitrogens is 1. The molecule has 7 heteroatoms. The number of aromatic amines is 1. The van der Waals surface area contributed by atoms with Crippen molar-refractivity contribution in [3.8, 4) is 11.1 Å². The first-order valence-corrected chi connectivity index (χ1v) is 9.51. The molecule has 1 aliphatic heterocycles. The molecule has 1 saturated heterocycles. The van der Waals surface area contributed by atoms with Crippen LogP contribution in [-0.2, 0) is 0 Å². The molecule has 0 aliphatic carbocycles. The van der Waals surface area contributed by atoms with Gasteiger partial charge >= 0.3 is 0 Å². The number of nitrogens with zero attached hydrogens (tertiary/aromatic N) is 4. The third-order valence-electron chi connectivity index (χ3n) is 5.64. The highest BCUT2D eigenvalue weighted by Gasteiger charge is 2.22. The van der Waals surface area contributed by atoms with Crippen LogP contribution in [0.1, 0.15) is 32.2 Å². The van der Waals surface area contributed by atoms with Crippen LogP contribution in [0.3, 0.4) is 0 Å². The summed E-state index contributed by atoms with van der Waals surface area (Å²) >= 11 is 0. The van der Waals surface area contributed by atoms with Crippen LogP contribution in [0.4, 0.5) is 11.5 Å². The number of aliphatic hydroxyl groups excluding tert-OH is 1. The van der Waals surface area contributed by atoms with Gasteiger partial charge in [0.1, 0.15) is 5.82 Å². The highest BCUT2D eigenvalue weighted by atomic mass is 16.3. The zero-order valence-electron chi connectivity index (χ0n) is 16.4. The third kappa shape index (κ3) is 3.73. The number of nitrogens with one attached hydrogen (secondary N) is 2. The predicted octanol–water partition coefficient (Wildman–Crippen LogP) is 2.39. The molecular formula is C19H32N6O. The normalized spacial score (nSPS) is 17.4. The van der Waals surface area contributed by atoms with E-state index < -0.39 is 0 Å². The first-order valence-electron chi connectivity index (χ1n) is 9.51. The van der Waals surface area contributed by atoms with Gasteiger partial charge in [0.05, 0.1) is 17.9 Å². The van der Waals surface area contributed by atoms with Crippen molar-refractivity contribution in [2.24, 2.45) is 0 Å². The van der Waals surface area contributed by atoms with Crippen molar-refractivity contribution in [3.05, 3.63) is 18.6 Å². The molecule has 3 heterocycles. The minimum Gasteiger partial charge on any atom is -0.396 e. The summed E-state index contributed by atoms with van der Waals surface area (Å²) in [6.45, 7) is 4.57. The highest BCUT2D eigenvalue weighted by molar-refractivity contribution is 5.86. The minimum atomic E-state index is 0.192. The van der Waals surface area contributed by atoms with Crippen LogP contribution in [0.25, 0.3) is 11.1 Å². The van der Waals surface area contributed by atoms with E-state index >= 15 is 0 Å². The molecule has 0 radical (unpaired) electrons. The maximum Gasteiger partial charge on any atom is 0.130 e. The molecule has 3 N–H and O–H groups in total. The summed E-state index contributed by atoms with van der Waals surface area (Å²) in [5.74, 6) is 1.04. The van der Waals surface area contributed by atoms with Gasteiger partial charge in [-0.25, -0.2) is 0 Å². The lowest BCUT2D eigenvalue weighted by Crippen LogP contribution is -2.31. The van der Waals surface area contributed by atoms with Gasteiger partial charge in [-0.05, 0) is 46.3 Å². The summed E-state index contributed by atoms with van der Waals surface area (Å²) in [6.07, 6.45) is 9.21. The number of hydrogen-bond donors (Lipinski definition) is 3. The molecule has 1 fully saturated rings. The lowest BCUT2D eigenvalue weighted by molar-refractivity contribution is 0.212. The molecule has 0 amide bonds. The van der Waals surface area contributed by atoms with Crippen molar-refractivity contribution in [1.82, 2.24) is 19.7 Å². The van der Waals surface area contributed by atoms with Crippen molar-refractivity contribution in [2.75, 3.05) is 51.1 Å². The Bertz CT molecular complexity index is 701. The SMILES string of the molecule is CNc1c(-c2cnn(C3CCN(C)CC3)c2)c[nH]c1N(C)C(C)CCO. The Morgan fingerprint density at radius 3 is 2.81 bits per heavy atom. The van der Waals surface area contributed by atoms with E-state index in [2.05, 4.69) is 57.1 Å². The number of hydrogen-bond acceptors (Lipinski definition) is 5. The molecule has 7 nitrogen and oxygen atoms in total. The zero-order valence-corrected chi connectivity index (χ0v) is 16.4. The average Bonchev–Trinajstić information content (AvgIpc) is 3.28. The average molecular weight is 361 g/mol.